The fourth-order valence-electron chi connectivity index (χ4n) is 2.38. The van der Waals surface area contributed by atoms with E-state index in [0.29, 0.717) is 11.3 Å². The molecule has 0 amide bonds. The van der Waals surface area contributed by atoms with Gasteiger partial charge in [0.1, 0.15) is 0 Å². The zero-order valence-corrected chi connectivity index (χ0v) is 12.0. The molecule has 0 saturated heterocycles. The van der Waals surface area contributed by atoms with Crippen LogP contribution in [0.4, 0.5) is 13.2 Å². The van der Waals surface area contributed by atoms with E-state index in [4.69, 9.17) is 0 Å². The molecule has 0 aliphatic heterocycles. The lowest BCUT2D eigenvalue weighted by Gasteiger charge is -2.22. The van der Waals surface area contributed by atoms with Gasteiger partial charge in [-0.1, -0.05) is 6.07 Å². The topological polar surface area (TPSA) is 37.8 Å². The van der Waals surface area contributed by atoms with Gasteiger partial charge in [0, 0.05) is 29.3 Å². The zero-order valence-electron chi connectivity index (χ0n) is 12.0. The number of hydrogen-bond donors (Lipinski definition) is 1. The summed E-state index contributed by atoms with van der Waals surface area (Å²) >= 11 is 0. The lowest BCUT2D eigenvalue weighted by atomic mass is 9.95. The molecule has 0 aliphatic carbocycles. The molecule has 2 rings (SSSR count). The van der Waals surface area contributed by atoms with Crippen LogP contribution < -0.4 is 5.32 Å². The maximum Gasteiger partial charge on any atom is 0.416 e. The minimum atomic E-state index is -4.42. The van der Waals surface area contributed by atoms with Crippen LogP contribution in [0.5, 0.6) is 0 Å². The Bertz CT molecular complexity index is 638. The van der Waals surface area contributed by atoms with Crippen molar-refractivity contribution in [1.82, 2.24) is 15.3 Å². The molecule has 2 heterocycles. The van der Waals surface area contributed by atoms with Gasteiger partial charge in [-0.05, 0) is 38.6 Å². The Morgan fingerprint density at radius 3 is 2.38 bits per heavy atom. The summed E-state index contributed by atoms with van der Waals surface area (Å²) in [4.78, 5) is 8.16. The average Bonchev–Trinajstić information content (AvgIpc) is 2.41. The SMILES string of the molecule is CNC(c1cnccc1C(F)(F)F)c1ccc(C)nc1C. The van der Waals surface area contributed by atoms with Crippen LogP contribution in [0.15, 0.2) is 30.6 Å². The number of rotatable bonds is 3. The molecule has 0 saturated carbocycles. The first-order chi connectivity index (χ1) is 9.84. The second-order valence-corrected chi connectivity index (χ2v) is 4.81. The Hall–Kier alpha value is -1.95. The van der Waals surface area contributed by atoms with Crippen LogP contribution in [0.3, 0.4) is 0 Å². The first-order valence-corrected chi connectivity index (χ1v) is 6.47. The Labute approximate surface area is 121 Å². The molecule has 0 aromatic carbocycles. The van der Waals surface area contributed by atoms with Gasteiger partial charge in [-0.2, -0.15) is 13.2 Å². The molecule has 0 spiro atoms. The zero-order chi connectivity index (χ0) is 15.6. The molecule has 2 aromatic rings. The molecule has 1 atom stereocenters. The van der Waals surface area contributed by atoms with Crippen molar-refractivity contribution < 1.29 is 13.2 Å². The highest BCUT2D eigenvalue weighted by molar-refractivity contribution is 5.38. The van der Waals surface area contributed by atoms with Gasteiger partial charge in [0.05, 0.1) is 11.6 Å². The van der Waals surface area contributed by atoms with Crippen molar-refractivity contribution in [1.29, 1.82) is 0 Å². The minimum Gasteiger partial charge on any atom is -0.309 e. The number of aryl methyl sites for hydroxylation is 2. The normalized spacial score (nSPS) is 13.2. The second-order valence-electron chi connectivity index (χ2n) is 4.81. The number of nitrogens with one attached hydrogen (secondary N) is 1. The molecule has 0 aliphatic rings. The number of hydrogen-bond acceptors (Lipinski definition) is 3. The van der Waals surface area contributed by atoms with Crippen molar-refractivity contribution in [2.24, 2.45) is 0 Å². The molecule has 0 bridgehead atoms. The molecule has 2 aromatic heterocycles. The minimum absolute atomic E-state index is 0.0984. The molecule has 0 radical (unpaired) electrons. The highest BCUT2D eigenvalue weighted by Gasteiger charge is 2.35. The molecule has 1 unspecified atom stereocenters. The van der Waals surface area contributed by atoms with Gasteiger partial charge < -0.3 is 5.32 Å². The number of pyridine rings is 2. The standard InChI is InChI=1S/C15H16F3N3/c1-9-4-5-11(10(2)21-9)14(19-3)12-8-20-7-6-13(12)15(16,17)18/h4-8,14,19H,1-3H3. The summed E-state index contributed by atoms with van der Waals surface area (Å²) in [5.41, 5.74) is 1.65. The molecule has 6 heteroatoms. The maximum absolute atomic E-state index is 13.2. The van der Waals surface area contributed by atoms with Gasteiger partial charge >= 0.3 is 6.18 Å². The Morgan fingerprint density at radius 1 is 1.10 bits per heavy atom. The smallest absolute Gasteiger partial charge is 0.309 e. The van der Waals surface area contributed by atoms with Gasteiger partial charge in [0.25, 0.3) is 0 Å². The third-order valence-corrected chi connectivity index (χ3v) is 3.33. The van der Waals surface area contributed by atoms with E-state index in [9.17, 15) is 13.2 Å². The van der Waals surface area contributed by atoms with Crippen molar-refractivity contribution in [3.63, 3.8) is 0 Å². The third kappa shape index (κ3) is 3.21. The third-order valence-electron chi connectivity index (χ3n) is 3.33. The quantitative estimate of drug-likeness (QED) is 0.943. The van der Waals surface area contributed by atoms with Crippen molar-refractivity contribution >= 4 is 0 Å². The van der Waals surface area contributed by atoms with Crippen molar-refractivity contribution in [2.75, 3.05) is 7.05 Å². The van der Waals surface area contributed by atoms with E-state index in [0.717, 1.165) is 18.0 Å². The highest BCUT2D eigenvalue weighted by Crippen LogP contribution is 2.36. The number of halogens is 3. The monoisotopic (exact) mass is 295 g/mol. The van der Waals surface area contributed by atoms with E-state index in [1.807, 2.05) is 6.92 Å². The number of aromatic nitrogens is 2. The van der Waals surface area contributed by atoms with Crippen LogP contribution in [0.25, 0.3) is 0 Å². The summed E-state index contributed by atoms with van der Waals surface area (Å²) in [5.74, 6) is 0. The van der Waals surface area contributed by atoms with E-state index < -0.39 is 17.8 Å². The summed E-state index contributed by atoms with van der Waals surface area (Å²) in [5, 5.41) is 2.93. The van der Waals surface area contributed by atoms with Gasteiger partial charge in [-0.3, -0.25) is 9.97 Å². The largest absolute Gasteiger partial charge is 0.416 e. The molecule has 0 fully saturated rings. The van der Waals surface area contributed by atoms with Crippen molar-refractivity contribution in [2.45, 2.75) is 26.1 Å². The van der Waals surface area contributed by atoms with Gasteiger partial charge in [0.15, 0.2) is 0 Å². The lowest BCUT2D eigenvalue weighted by molar-refractivity contribution is -0.138. The molecular weight excluding hydrogens is 279 g/mol. The number of nitrogens with zero attached hydrogens (tertiary/aromatic N) is 2. The average molecular weight is 295 g/mol. The summed E-state index contributed by atoms with van der Waals surface area (Å²) in [6.45, 7) is 3.63. The summed E-state index contributed by atoms with van der Waals surface area (Å²) in [6, 6.07) is 3.97. The van der Waals surface area contributed by atoms with E-state index in [1.165, 1.54) is 6.20 Å². The van der Waals surface area contributed by atoms with E-state index in [-0.39, 0.29) is 5.56 Å². The fourth-order valence-corrected chi connectivity index (χ4v) is 2.38. The van der Waals surface area contributed by atoms with E-state index >= 15 is 0 Å². The van der Waals surface area contributed by atoms with Gasteiger partial charge in [-0.25, -0.2) is 0 Å². The summed E-state index contributed by atoms with van der Waals surface area (Å²) in [7, 11) is 1.62. The second kappa shape index (κ2) is 5.81. The van der Waals surface area contributed by atoms with Crippen LogP contribution in [-0.4, -0.2) is 17.0 Å². The van der Waals surface area contributed by atoms with Crippen LogP contribution in [0, 0.1) is 13.8 Å². The molecule has 21 heavy (non-hydrogen) atoms. The van der Waals surface area contributed by atoms with E-state index in [2.05, 4.69) is 15.3 Å². The van der Waals surface area contributed by atoms with E-state index in [1.54, 1.807) is 26.1 Å². The Balaban J connectivity index is 2.57. The molecule has 3 nitrogen and oxygen atoms in total. The van der Waals surface area contributed by atoms with Crippen LogP contribution in [0.2, 0.25) is 0 Å². The van der Waals surface area contributed by atoms with Crippen LogP contribution >= 0.6 is 0 Å². The predicted octanol–water partition coefficient (Wildman–Crippen LogP) is 3.42. The molecule has 1 N–H and O–H groups in total. The molecule has 112 valence electrons. The van der Waals surface area contributed by atoms with Crippen LogP contribution in [0.1, 0.15) is 34.1 Å². The van der Waals surface area contributed by atoms with Crippen LogP contribution in [-0.2, 0) is 6.18 Å². The van der Waals surface area contributed by atoms with Gasteiger partial charge in [-0.15, -0.1) is 0 Å². The first-order valence-electron chi connectivity index (χ1n) is 6.47. The molecular formula is C15H16F3N3. The maximum atomic E-state index is 13.2. The summed E-state index contributed by atoms with van der Waals surface area (Å²) < 4.78 is 39.5. The predicted molar refractivity (Wildman–Crippen MR) is 73.9 cm³/mol. The fraction of sp³-hybridized carbons (Fsp3) is 0.333. The lowest BCUT2D eigenvalue weighted by Crippen LogP contribution is -2.23. The number of alkyl halides is 3. The Morgan fingerprint density at radius 2 is 1.81 bits per heavy atom. The Kier molecular flexibility index (Phi) is 4.27. The first kappa shape index (κ1) is 15.4. The summed E-state index contributed by atoms with van der Waals surface area (Å²) in [6.07, 6.45) is -2.01. The highest BCUT2D eigenvalue weighted by atomic mass is 19.4. The van der Waals surface area contributed by atoms with Crippen molar-refractivity contribution in [3.05, 3.63) is 58.7 Å². The van der Waals surface area contributed by atoms with Gasteiger partial charge in [0.2, 0.25) is 0 Å². The van der Waals surface area contributed by atoms with Crippen molar-refractivity contribution in [3.8, 4) is 0 Å².